The lowest BCUT2D eigenvalue weighted by Crippen LogP contribution is -2.23. The highest BCUT2D eigenvalue weighted by Gasteiger charge is 2.09. The van der Waals surface area contributed by atoms with Crippen LogP contribution in [0.25, 0.3) is 0 Å². The van der Waals surface area contributed by atoms with Gasteiger partial charge in [0.25, 0.3) is 0 Å². The van der Waals surface area contributed by atoms with Crippen LogP contribution in [0.3, 0.4) is 0 Å². The summed E-state index contributed by atoms with van der Waals surface area (Å²) in [5.41, 5.74) is 3.65. The first kappa shape index (κ1) is 12.9. The predicted molar refractivity (Wildman–Crippen MR) is 77.0 cm³/mol. The Morgan fingerprint density at radius 1 is 1.11 bits per heavy atom. The van der Waals surface area contributed by atoms with Crippen LogP contribution in [-0.4, -0.2) is 11.5 Å². The van der Waals surface area contributed by atoms with Crippen molar-refractivity contribution in [2.75, 3.05) is 11.4 Å². The Morgan fingerprint density at radius 2 is 1.83 bits per heavy atom. The second kappa shape index (κ2) is 6.41. The average Bonchev–Trinajstić information content (AvgIpc) is 2.46. The Hall–Kier alpha value is -1.54. The standard InChI is InChI=1S/C15H17ClN2/c1-2-18(12-13-7-9-17-10-8-13)15-6-4-3-5-14(15)11-16/h3-10H,2,11-12H2,1H3. The number of nitrogens with zero attached hydrogens (tertiary/aromatic N) is 2. The second-order valence-electron chi connectivity index (χ2n) is 4.13. The lowest BCUT2D eigenvalue weighted by molar-refractivity contribution is 0.825. The fourth-order valence-electron chi connectivity index (χ4n) is 2.01. The third-order valence-corrected chi connectivity index (χ3v) is 3.27. The maximum absolute atomic E-state index is 6.00. The number of rotatable bonds is 5. The minimum absolute atomic E-state index is 0.545. The van der Waals surface area contributed by atoms with E-state index in [1.807, 2.05) is 30.6 Å². The zero-order chi connectivity index (χ0) is 12.8. The molecule has 0 saturated heterocycles. The van der Waals surface area contributed by atoms with Crippen LogP contribution >= 0.6 is 11.6 Å². The van der Waals surface area contributed by atoms with E-state index in [9.17, 15) is 0 Å². The normalized spacial score (nSPS) is 10.3. The van der Waals surface area contributed by atoms with Crippen molar-refractivity contribution in [2.45, 2.75) is 19.3 Å². The maximum Gasteiger partial charge on any atom is 0.0494 e. The summed E-state index contributed by atoms with van der Waals surface area (Å²) in [7, 11) is 0. The van der Waals surface area contributed by atoms with Gasteiger partial charge < -0.3 is 4.90 Å². The van der Waals surface area contributed by atoms with E-state index in [1.165, 1.54) is 16.8 Å². The summed E-state index contributed by atoms with van der Waals surface area (Å²) >= 11 is 6.00. The van der Waals surface area contributed by atoms with Crippen molar-refractivity contribution in [3.05, 3.63) is 59.9 Å². The third-order valence-electron chi connectivity index (χ3n) is 2.98. The minimum Gasteiger partial charge on any atom is -0.367 e. The van der Waals surface area contributed by atoms with Gasteiger partial charge in [0, 0.05) is 37.1 Å². The van der Waals surface area contributed by atoms with Crippen LogP contribution in [0.2, 0.25) is 0 Å². The Bertz CT molecular complexity index is 485. The Balaban J connectivity index is 2.23. The van der Waals surface area contributed by atoms with Gasteiger partial charge in [0.2, 0.25) is 0 Å². The molecule has 1 aromatic heterocycles. The first-order chi connectivity index (χ1) is 8.85. The highest BCUT2D eigenvalue weighted by Crippen LogP contribution is 2.23. The molecule has 0 aliphatic carbocycles. The van der Waals surface area contributed by atoms with Gasteiger partial charge in [0.05, 0.1) is 0 Å². The number of hydrogen-bond donors (Lipinski definition) is 0. The number of hydrogen-bond acceptors (Lipinski definition) is 2. The molecule has 0 bridgehead atoms. The molecule has 0 spiro atoms. The summed E-state index contributed by atoms with van der Waals surface area (Å²) in [5.74, 6) is 0.545. The average molecular weight is 261 g/mol. The van der Waals surface area contributed by atoms with Crippen LogP contribution in [0.5, 0.6) is 0 Å². The summed E-state index contributed by atoms with van der Waals surface area (Å²) in [5, 5.41) is 0. The van der Waals surface area contributed by atoms with Crippen molar-refractivity contribution in [1.82, 2.24) is 4.98 Å². The molecule has 2 rings (SSSR count). The zero-order valence-corrected chi connectivity index (χ0v) is 11.3. The summed E-state index contributed by atoms with van der Waals surface area (Å²) in [6.07, 6.45) is 3.66. The quantitative estimate of drug-likeness (QED) is 0.760. The number of aromatic nitrogens is 1. The Morgan fingerprint density at radius 3 is 2.50 bits per heavy atom. The monoisotopic (exact) mass is 260 g/mol. The molecular weight excluding hydrogens is 244 g/mol. The van der Waals surface area contributed by atoms with Crippen LogP contribution in [0.15, 0.2) is 48.8 Å². The molecule has 0 N–H and O–H groups in total. The molecule has 2 nitrogen and oxygen atoms in total. The molecule has 2 aromatic rings. The SMILES string of the molecule is CCN(Cc1ccncc1)c1ccccc1CCl. The highest BCUT2D eigenvalue weighted by molar-refractivity contribution is 6.17. The molecule has 0 aliphatic rings. The van der Waals surface area contributed by atoms with Gasteiger partial charge in [-0.15, -0.1) is 11.6 Å². The lowest BCUT2D eigenvalue weighted by atomic mass is 10.1. The van der Waals surface area contributed by atoms with Crippen LogP contribution < -0.4 is 4.90 Å². The van der Waals surface area contributed by atoms with Gasteiger partial charge >= 0.3 is 0 Å². The zero-order valence-electron chi connectivity index (χ0n) is 10.5. The molecule has 0 unspecified atom stereocenters. The van der Waals surface area contributed by atoms with Gasteiger partial charge in [0.15, 0.2) is 0 Å². The number of anilines is 1. The molecule has 1 aromatic carbocycles. The molecule has 0 fully saturated rings. The number of halogens is 1. The number of benzene rings is 1. The summed E-state index contributed by atoms with van der Waals surface area (Å²) in [6, 6.07) is 12.4. The molecule has 1 heterocycles. The van der Waals surface area contributed by atoms with Crippen LogP contribution in [0.4, 0.5) is 5.69 Å². The topological polar surface area (TPSA) is 16.1 Å². The molecule has 0 amide bonds. The summed E-state index contributed by atoms with van der Waals surface area (Å²) in [4.78, 5) is 6.37. The van der Waals surface area contributed by atoms with E-state index in [2.05, 4.69) is 35.0 Å². The largest absolute Gasteiger partial charge is 0.367 e. The summed E-state index contributed by atoms with van der Waals surface area (Å²) < 4.78 is 0. The third kappa shape index (κ3) is 3.02. The number of alkyl halides is 1. The van der Waals surface area contributed by atoms with E-state index in [0.29, 0.717) is 5.88 Å². The van der Waals surface area contributed by atoms with Crippen molar-refractivity contribution >= 4 is 17.3 Å². The fraction of sp³-hybridized carbons (Fsp3) is 0.267. The van der Waals surface area contributed by atoms with E-state index in [4.69, 9.17) is 11.6 Å². The molecule has 0 aliphatic heterocycles. The van der Waals surface area contributed by atoms with Gasteiger partial charge in [0.1, 0.15) is 0 Å². The van der Waals surface area contributed by atoms with Gasteiger partial charge in [-0.2, -0.15) is 0 Å². The fourth-order valence-corrected chi connectivity index (χ4v) is 2.23. The molecule has 0 atom stereocenters. The van der Waals surface area contributed by atoms with E-state index < -0.39 is 0 Å². The van der Waals surface area contributed by atoms with Gasteiger partial charge in [-0.05, 0) is 36.2 Å². The summed E-state index contributed by atoms with van der Waals surface area (Å²) in [6.45, 7) is 4.00. The van der Waals surface area contributed by atoms with Crippen molar-refractivity contribution in [3.63, 3.8) is 0 Å². The molecule has 3 heteroatoms. The van der Waals surface area contributed by atoms with E-state index in [0.717, 1.165) is 13.1 Å². The highest BCUT2D eigenvalue weighted by atomic mass is 35.5. The number of pyridine rings is 1. The first-order valence-electron chi connectivity index (χ1n) is 6.13. The van der Waals surface area contributed by atoms with Crippen LogP contribution in [0, 0.1) is 0 Å². The van der Waals surface area contributed by atoms with E-state index in [-0.39, 0.29) is 0 Å². The Kier molecular flexibility index (Phi) is 4.59. The smallest absolute Gasteiger partial charge is 0.0494 e. The Labute approximate surface area is 113 Å². The maximum atomic E-state index is 6.00. The van der Waals surface area contributed by atoms with E-state index in [1.54, 1.807) is 0 Å². The van der Waals surface area contributed by atoms with Crippen molar-refractivity contribution in [1.29, 1.82) is 0 Å². The predicted octanol–water partition coefficient (Wildman–Crippen LogP) is 3.85. The second-order valence-corrected chi connectivity index (χ2v) is 4.40. The van der Waals surface area contributed by atoms with Crippen molar-refractivity contribution in [3.8, 4) is 0 Å². The van der Waals surface area contributed by atoms with Gasteiger partial charge in [-0.25, -0.2) is 0 Å². The number of para-hydroxylation sites is 1. The van der Waals surface area contributed by atoms with Gasteiger partial charge in [-0.1, -0.05) is 18.2 Å². The van der Waals surface area contributed by atoms with E-state index >= 15 is 0 Å². The molecule has 0 radical (unpaired) electrons. The minimum atomic E-state index is 0.545. The molecule has 94 valence electrons. The first-order valence-corrected chi connectivity index (χ1v) is 6.66. The molecule has 0 saturated carbocycles. The van der Waals surface area contributed by atoms with Crippen LogP contribution in [-0.2, 0) is 12.4 Å². The van der Waals surface area contributed by atoms with Crippen molar-refractivity contribution < 1.29 is 0 Å². The molecular formula is C15H17ClN2. The lowest BCUT2D eigenvalue weighted by Gasteiger charge is -2.25. The van der Waals surface area contributed by atoms with Crippen molar-refractivity contribution in [2.24, 2.45) is 0 Å². The molecule has 18 heavy (non-hydrogen) atoms. The van der Waals surface area contributed by atoms with Crippen LogP contribution in [0.1, 0.15) is 18.1 Å². The van der Waals surface area contributed by atoms with Gasteiger partial charge in [-0.3, -0.25) is 4.98 Å².